The Morgan fingerprint density at radius 2 is 2.00 bits per heavy atom. The molecule has 2 nitrogen and oxygen atoms in total. The van der Waals surface area contributed by atoms with Crippen molar-refractivity contribution in [1.82, 2.24) is 0 Å². The molecule has 84 valence electrons. The third-order valence-electron chi connectivity index (χ3n) is 1.72. The maximum absolute atomic E-state index is 12.3. The summed E-state index contributed by atoms with van der Waals surface area (Å²) in [6.07, 6.45) is -4.35. The second-order valence-corrected chi connectivity index (χ2v) is 3.70. The maximum Gasteiger partial charge on any atom is 0.416 e. The minimum atomic E-state index is -4.35. The summed E-state index contributed by atoms with van der Waals surface area (Å²) in [6, 6.07) is 3.32. The van der Waals surface area contributed by atoms with Crippen molar-refractivity contribution in [1.29, 1.82) is 0 Å². The average Bonchev–Trinajstić information content (AvgIpc) is 2.15. The number of aliphatic hydroxyl groups excluding tert-OH is 1. The van der Waals surface area contributed by atoms with E-state index in [1.807, 2.05) is 0 Å². The summed E-state index contributed by atoms with van der Waals surface area (Å²) >= 11 is 3.12. The Balaban J connectivity index is 2.95. The number of anilines is 1. The van der Waals surface area contributed by atoms with Gasteiger partial charge in [0.1, 0.15) is 0 Å². The summed E-state index contributed by atoms with van der Waals surface area (Å²) in [4.78, 5) is 0. The molecule has 1 aromatic rings. The Labute approximate surface area is 93.2 Å². The lowest BCUT2D eigenvalue weighted by Gasteiger charge is -2.11. The standard InChI is InChI=1S/C9H9BrF3NO/c10-7-2-1-6(9(11,12)13)5-8(7)14-3-4-15/h1-2,5,14-15H,3-4H2. The molecule has 0 saturated heterocycles. The van der Waals surface area contributed by atoms with Gasteiger partial charge in [0, 0.05) is 16.7 Å². The molecule has 0 bridgehead atoms. The van der Waals surface area contributed by atoms with Crippen LogP contribution in [-0.2, 0) is 6.18 Å². The van der Waals surface area contributed by atoms with Crippen molar-refractivity contribution >= 4 is 21.6 Å². The van der Waals surface area contributed by atoms with E-state index < -0.39 is 11.7 Å². The van der Waals surface area contributed by atoms with E-state index in [-0.39, 0.29) is 13.2 Å². The molecule has 0 aliphatic heterocycles. The van der Waals surface area contributed by atoms with Gasteiger partial charge in [-0.25, -0.2) is 0 Å². The highest BCUT2D eigenvalue weighted by Crippen LogP contribution is 2.33. The molecular weight excluding hydrogens is 275 g/mol. The molecule has 0 aliphatic carbocycles. The summed E-state index contributed by atoms with van der Waals surface area (Å²) in [5.74, 6) is 0. The van der Waals surface area contributed by atoms with Crippen molar-refractivity contribution in [3.05, 3.63) is 28.2 Å². The Morgan fingerprint density at radius 1 is 1.33 bits per heavy atom. The van der Waals surface area contributed by atoms with E-state index in [1.54, 1.807) is 0 Å². The summed E-state index contributed by atoms with van der Waals surface area (Å²) in [5.41, 5.74) is -0.398. The molecule has 0 radical (unpaired) electrons. The topological polar surface area (TPSA) is 32.3 Å². The van der Waals surface area contributed by atoms with Crippen LogP contribution in [0, 0.1) is 0 Å². The molecule has 2 N–H and O–H groups in total. The molecule has 1 aromatic carbocycles. The lowest BCUT2D eigenvalue weighted by Crippen LogP contribution is -2.09. The Hall–Kier alpha value is -0.750. The number of hydrogen-bond donors (Lipinski definition) is 2. The zero-order chi connectivity index (χ0) is 11.5. The van der Waals surface area contributed by atoms with Crippen LogP contribution in [0.2, 0.25) is 0 Å². The van der Waals surface area contributed by atoms with Gasteiger partial charge in [-0.15, -0.1) is 0 Å². The number of rotatable bonds is 3. The minimum Gasteiger partial charge on any atom is -0.395 e. The monoisotopic (exact) mass is 283 g/mol. The molecule has 0 heterocycles. The first-order chi connectivity index (χ1) is 6.95. The van der Waals surface area contributed by atoms with Crippen molar-refractivity contribution in [2.24, 2.45) is 0 Å². The van der Waals surface area contributed by atoms with Gasteiger partial charge in [-0.2, -0.15) is 13.2 Å². The number of nitrogens with one attached hydrogen (secondary N) is 1. The molecule has 0 atom stereocenters. The third kappa shape index (κ3) is 3.39. The first-order valence-electron chi connectivity index (χ1n) is 4.16. The van der Waals surface area contributed by atoms with Crippen molar-refractivity contribution in [2.45, 2.75) is 6.18 Å². The van der Waals surface area contributed by atoms with Gasteiger partial charge in [0.15, 0.2) is 0 Å². The number of benzene rings is 1. The predicted molar refractivity (Wildman–Crippen MR) is 54.7 cm³/mol. The maximum atomic E-state index is 12.3. The van der Waals surface area contributed by atoms with Crippen molar-refractivity contribution < 1.29 is 18.3 Å². The summed E-state index contributed by atoms with van der Waals surface area (Å²) in [7, 11) is 0. The lowest BCUT2D eigenvalue weighted by molar-refractivity contribution is -0.137. The zero-order valence-electron chi connectivity index (χ0n) is 7.61. The number of alkyl halides is 3. The van der Waals surface area contributed by atoms with Gasteiger partial charge in [0.2, 0.25) is 0 Å². The highest BCUT2D eigenvalue weighted by Gasteiger charge is 2.30. The van der Waals surface area contributed by atoms with Crippen LogP contribution in [0.15, 0.2) is 22.7 Å². The van der Waals surface area contributed by atoms with Crippen LogP contribution in [-0.4, -0.2) is 18.3 Å². The van der Waals surface area contributed by atoms with E-state index in [1.165, 1.54) is 6.07 Å². The molecule has 0 spiro atoms. The normalized spacial score (nSPS) is 11.5. The summed E-state index contributed by atoms with van der Waals surface area (Å²) < 4.78 is 37.5. The highest BCUT2D eigenvalue weighted by atomic mass is 79.9. The second kappa shape index (κ2) is 4.85. The fourth-order valence-electron chi connectivity index (χ4n) is 1.03. The predicted octanol–water partition coefficient (Wildman–Crippen LogP) is 2.87. The minimum absolute atomic E-state index is 0.136. The lowest BCUT2D eigenvalue weighted by atomic mass is 10.2. The molecule has 6 heteroatoms. The number of aliphatic hydroxyl groups is 1. The fourth-order valence-corrected chi connectivity index (χ4v) is 1.41. The Bertz CT molecular complexity index is 341. The fraction of sp³-hybridized carbons (Fsp3) is 0.333. The molecule has 0 unspecified atom stereocenters. The zero-order valence-corrected chi connectivity index (χ0v) is 9.19. The van der Waals surface area contributed by atoms with Crippen LogP contribution in [0.3, 0.4) is 0 Å². The molecule has 15 heavy (non-hydrogen) atoms. The molecule has 0 aromatic heterocycles. The first-order valence-corrected chi connectivity index (χ1v) is 4.96. The molecule has 1 rings (SSSR count). The van der Waals surface area contributed by atoms with Gasteiger partial charge in [0.25, 0.3) is 0 Å². The quantitative estimate of drug-likeness (QED) is 0.894. The Morgan fingerprint density at radius 3 is 2.53 bits per heavy atom. The average molecular weight is 284 g/mol. The van der Waals surface area contributed by atoms with Crippen LogP contribution in [0.25, 0.3) is 0 Å². The molecular formula is C9H9BrF3NO. The molecule has 0 saturated carbocycles. The Kier molecular flexibility index (Phi) is 3.98. The summed E-state index contributed by atoms with van der Waals surface area (Å²) in [5, 5.41) is 11.2. The van der Waals surface area contributed by atoms with Gasteiger partial charge in [-0.05, 0) is 34.1 Å². The first kappa shape index (κ1) is 12.3. The molecule has 0 aliphatic rings. The van der Waals surface area contributed by atoms with Gasteiger partial charge < -0.3 is 10.4 Å². The van der Waals surface area contributed by atoms with Crippen LogP contribution in [0.5, 0.6) is 0 Å². The van der Waals surface area contributed by atoms with Gasteiger partial charge in [-0.3, -0.25) is 0 Å². The van der Waals surface area contributed by atoms with Crippen LogP contribution >= 0.6 is 15.9 Å². The van der Waals surface area contributed by atoms with Gasteiger partial charge in [-0.1, -0.05) is 0 Å². The second-order valence-electron chi connectivity index (χ2n) is 2.84. The summed E-state index contributed by atoms with van der Waals surface area (Å²) in [6.45, 7) is 0.0720. The van der Waals surface area contributed by atoms with Gasteiger partial charge >= 0.3 is 6.18 Å². The van der Waals surface area contributed by atoms with E-state index in [9.17, 15) is 13.2 Å². The van der Waals surface area contributed by atoms with Crippen LogP contribution in [0.1, 0.15) is 5.56 Å². The molecule has 0 amide bonds. The molecule has 0 fully saturated rings. The SMILES string of the molecule is OCCNc1cc(C(F)(F)F)ccc1Br. The van der Waals surface area contributed by atoms with E-state index in [0.29, 0.717) is 10.2 Å². The van der Waals surface area contributed by atoms with E-state index in [0.717, 1.165) is 12.1 Å². The van der Waals surface area contributed by atoms with Crippen LogP contribution in [0.4, 0.5) is 18.9 Å². The van der Waals surface area contributed by atoms with Gasteiger partial charge in [0.05, 0.1) is 12.2 Å². The van der Waals surface area contributed by atoms with Crippen molar-refractivity contribution in [3.63, 3.8) is 0 Å². The number of halogens is 4. The van der Waals surface area contributed by atoms with Crippen molar-refractivity contribution in [2.75, 3.05) is 18.5 Å². The number of hydrogen-bond acceptors (Lipinski definition) is 2. The largest absolute Gasteiger partial charge is 0.416 e. The van der Waals surface area contributed by atoms with Crippen molar-refractivity contribution in [3.8, 4) is 0 Å². The highest BCUT2D eigenvalue weighted by molar-refractivity contribution is 9.10. The van der Waals surface area contributed by atoms with Crippen LogP contribution < -0.4 is 5.32 Å². The smallest absolute Gasteiger partial charge is 0.395 e. The van der Waals surface area contributed by atoms with E-state index in [4.69, 9.17) is 5.11 Å². The van der Waals surface area contributed by atoms with E-state index in [2.05, 4.69) is 21.2 Å². The third-order valence-corrected chi connectivity index (χ3v) is 2.41. The van der Waals surface area contributed by atoms with E-state index >= 15 is 0 Å².